The predicted molar refractivity (Wildman–Crippen MR) is 24.2 cm³/mol. The van der Waals surface area contributed by atoms with Crippen LogP contribution in [0, 0.1) is 0 Å². The van der Waals surface area contributed by atoms with Crippen LogP contribution < -0.4 is 0 Å². The number of aromatic nitrogens is 2. The molecule has 0 saturated heterocycles. The fraction of sp³-hybridized carbons (Fsp3) is 0.500. The normalized spacial score (nSPS) is 11.9. The third kappa shape index (κ3) is 1.09. The van der Waals surface area contributed by atoms with Gasteiger partial charge in [-0.05, 0) is 0 Å². The van der Waals surface area contributed by atoms with E-state index < -0.39 is 18.4 Å². The Kier molecular flexibility index (Phi) is 1.60. The summed E-state index contributed by atoms with van der Waals surface area (Å²) in [5, 5.41) is 2.78. The summed E-state index contributed by atoms with van der Waals surface area (Å²) >= 11 is 0. The van der Waals surface area contributed by atoms with Crippen LogP contribution in [0.1, 0.15) is 5.82 Å². The van der Waals surface area contributed by atoms with Crippen molar-refractivity contribution < 1.29 is 17.7 Å². The first-order valence-electron chi connectivity index (χ1n) is 2.37. The second kappa shape index (κ2) is 2.28. The predicted octanol–water partition coefficient (Wildman–Crippen LogP) is 1.13. The Balaban J connectivity index is 2.85. The molecule has 0 atom stereocenters. The summed E-state index contributed by atoms with van der Waals surface area (Å²) < 4.78 is 39.8. The summed E-state index contributed by atoms with van der Waals surface area (Å²) in [5.74, 6) is -4.54. The molecule has 56 valence electrons. The highest BCUT2D eigenvalue weighted by molar-refractivity contribution is 4.90. The van der Waals surface area contributed by atoms with E-state index in [1.807, 2.05) is 0 Å². The summed E-state index contributed by atoms with van der Waals surface area (Å²) in [6.45, 7) is -1.81. The van der Waals surface area contributed by atoms with Crippen LogP contribution in [0.4, 0.5) is 13.2 Å². The van der Waals surface area contributed by atoms with Gasteiger partial charge in [-0.25, -0.2) is 4.39 Å². The maximum atomic E-state index is 12.2. The van der Waals surface area contributed by atoms with Gasteiger partial charge in [0.05, 0.1) is 0 Å². The second-order valence-corrected chi connectivity index (χ2v) is 1.59. The Labute approximate surface area is 53.8 Å². The molecule has 0 aliphatic heterocycles. The van der Waals surface area contributed by atoms with Crippen molar-refractivity contribution in [1.82, 2.24) is 10.1 Å². The van der Waals surface area contributed by atoms with Gasteiger partial charge >= 0.3 is 5.92 Å². The number of halogens is 3. The zero-order valence-corrected chi connectivity index (χ0v) is 4.72. The molecule has 0 fully saturated rings. The zero-order chi connectivity index (χ0) is 7.61. The first-order valence-corrected chi connectivity index (χ1v) is 2.37. The lowest BCUT2D eigenvalue weighted by Gasteiger charge is -2.03. The van der Waals surface area contributed by atoms with Crippen molar-refractivity contribution in [2.45, 2.75) is 5.92 Å². The first-order chi connectivity index (χ1) is 4.67. The zero-order valence-electron chi connectivity index (χ0n) is 4.72. The van der Waals surface area contributed by atoms with Gasteiger partial charge in [0.2, 0.25) is 12.2 Å². The Morgan fingerprint density at radius 1 is 1.60 bits per heavy atom. The van der Waals surface area contributed by atoms with Gasteiger partial charge in [-0.3, -0.25) is 0 Å². The number of nitrogens with zero attached hydrogens (tertiary/aromatic N) is 2. The fourth-order valence-corrected chi connectivity index (χ4v) is 0.392. The summed E-state index contributed by atoms with van der Waals surface area (Å²) in [6.07, 6.45) is 0.721. The molecule has 0 N–H and O–H groups in total. The van der Waals surface area contributed by atoms with Crippen molar-refractivity contribution in [3.8, 4) is 0 Å². The molecule has 1 aromatic rings. The average Bonchev–Trinajstić information content (AvgIpc) is 2.38. The second-order valence-electron chi connectivity index (χ2n) is 1.59. The molecule has 10 heavy (non-hydrogen) atoms. The summed E-state index contributed by atoms with van der Waals surface area (Å²) in [6, 6.07) is 0. The minimum atomic E-state index is -3.62. The van der Waals surface area contributed by atoms with E-state index in [-0.39, 0.29) is 0 Å². The highest BCUT2D eigenvalue weighted by Gasteiger charge is 2.36. The van der Waals surface area contributed by atoms with Gasteiger partial charge < -0.3 is 4.52 Å². The number of hydrogen-bond donors (Lipinski definition) is 0. The molecule has 0 spiro atoms. The van der Waals surface area contributed by atoms with Crippen LogP contribution in [-0.2, 0) is 5.92 Å². The minimum Gasteiger partial charge on any atom is -0.343 e. The molecule has 0 amide bonds. The van der Waals surface area contributed by atoms with Crippen LogP contribution in [0.15, 0.2) is 10.9 Å². The highest BCUT2D eigenvalue weighted by Crippen LogP contribution is 2.24. The lowest BCUT2D eigenvalue weighted by molar-refractivity contribution is -0.0381. The molecule has 3 nitrogen and oxygen atoms in total. The van der Waals surface area contributed by atoms with Crippen LogP contribution in [-0.4, -0.2) is 16.8 Å². The Morgan fingerprint density at radius 3 is 2.70 bits per heavy atom. The average molecular weight is 152 g/mol. The van der Waals surface area contributed by atoms with E-state index in [0.717, 1.165) is 6.39 Å². The van der Waals surface area contributed by atoms with E-state index in [2.05, 4.69) is 14.7 Å². The van der Waals surface area contributed by atoms with Crippen LogP contribution >= 0.6 is 0 Å². The van der Waals surface area contributed by atoms with E-state index in [4.69, 9.17) is 0 Å². The first kappa shape index (κ1) is 7.04. The number of hydrogen-bond acceptors (Lipinski definition) is 3. The Bertz CT molecular complexity index is 198. The van der Waals surface area contributed by atoms with Crippen LogP contribution in [0.5, 0.6) is 0 Å². The van der Waals surface area contributed by atoms with Gasteiger partial charge in [-0.1, -0.05) is 5.16 Å². The Hall–Kier alpha value is -1.07. The quantitative estimate of drug-likeness (QED) is 0.637. The molecular formula is C4H3F3N2O. The molecule has 0 saturated carbocycles. The third-order valence-electron chi connectivity index (χ3n) is 0.856. The van der Waals surface area contributed by atoms with Crippen LogP contribution in [0.3, 0.4) is 0 Å². The monoisotopic (exact) mass is 152 g/mol. The lowest BCUT2D eigenvalue weighted by atomic mass is 10.3. The van der Waals surface area contributed by atoms with Gasteiger partial charge in [0.1, 0.15) is 0 Å². The van der Waals surface area contributed by atoms with Crippen molar-refractivity contribution in [1.29, 1.82) is 0 Å². The van der Waals surface area contributed by atoms with Gasteiger partial charge in [0, 0.05) is 0 Å². The molecule has 0 unspecified atom stereocenters. The summed E-state index contributed by atoms with van der Waals surface area (Å²) in [5.41, 5.74) is 0. The number of rotatable bonds is 2. The largest absolute Gasteiger partial charge is 0.343 e. The Morgan fingerprint density at radius 2 is 2.30 bits per heavy atom. The van der Waals surface area contributed by atoms with Crippen molar-refractivity contribution >= 4 is 0 Å². The molecule has 0 aromatic carbocycles. The van der Waals surface area contributed by atoms with Crippen molar-refractivity contribution in [2.75, 3.05) is 6.67 Å². The maximum absolute atomic E-state index is 12.2. The van der Waals surface area contributed by atoms with E-state index in [1.54, 1.807) is 0 Å². The third-order valence-corrected chi connectivity index (χ3v) is 0.856. The van der Waals surface area contributed by atoms with Crippen LogP contribution in [0.25, 0.3) is 0 Å². The molecule has 1 heterocycles. The van der Waals surface area contributed by atoms with Crippen molar-refractivity contribution in [3.05, 3.63) is 12.2 Å². The molecule has 0 bridgehead atoms. The van der Waals surface area contributed by atoms with Gasteiger partial charge in [-0.2, -0.15) is 13.8 Å². The summed E-state index contributed by atoms with van der Waals surface area (Å²) in [4.78, 5) is 2.99. The van der Waals surface area contributed by atoms with E-state index in [1.165, 1.54) is 0 Å². The van der Waals surface area contributed by atoms with E-state index >= 15 is 0 Å². The van der Waals surface area contributed by atoms with Gasteiger partial charge in [-0.15, -0.1) is 0 Å². The molecule has 1 rings (SSSR count). The van der Waals surface area contributed by atoms with Gasteiger partial charge in [0.15, 0.2) is 6.67 Å². The van der Waals surface area contributed by atoms with E-state index in [0.29, 0.717) is 0 Å². The fourth-order valence-electron chi connectivity index (χ4n) is 0.392. The van der Waals surface area contributed by atoms with E-state index in [9.17, 15) is 13.2 Å². The maximum Gasteiger partial charge on any atom is 0.337 e. The molecule has 0 aliphatic rings. The highest BCUT2D eigenvalue weighted by atomic mass is 19.3. The molecule has 0 aliphatic carbocycles. The molecular weight excluding hydrogens is 149 g/mol. The summed E-state index contributed by atoms with van der Waals surface area (Å²) in [7, 11) is 0. The lowest BCUT2D eigenvalue weighted by Crippen LogP contribution is -2.17. The minimum absolute atomic E-state index is 0.721. The smallest absolute Gasteiger partial charge is 0.337 e. The SMILES string of the molecule is FCC(F)(F)c1ncon1. The standard InChI is InChI=1S/C4H3F3N2O/c5-1-4(6,7)3-8-2-10-9-3/h2H,1H2. The van der Waals surface area contributed by atoms with Crippen molar-refractivity contribution in [3.63, 3.8) is 0 Å². The molecule has 0 radical (unpaired) electrons. The number of alkyl halides is 3. The van der Waals surface area contributed by atoms with Gasteiger partial charge in [0.25, 0.3) is 0 Å². The molecule has 6 heteroatoms. The van der Waals surface area contributed by atoms with Crippen molar-refractivity contribution in [2.24, 2.45) is 0 Å². The molecule has 1 aromatic heterocycles. The topological polar surface area (TPSA) is 38.9 Å². The van der Waals surface area contributed by atoms with Crippen LogP contribution in [0.2, 0.25) is 0 Å².